The second kappa shape index (κ2) is 9.13. The maximum atomic E-state index is 12.8. The fraction of sp³-hybridized carbons (Fsp3) is 0.278. The molecular weight excluding hydrogens is 372 g/mol. The number of hydrogen-bond donors (Lipinski definition) is 2. The number of anilines is 2. The van der Waals surface area contributed by atoms with Crippen molar-refractivity contribution in [3.8, 4) is 11.5 Å². The van der Waals surface area contributed by atoms with Crippen molar-refractivity contribution >= 4 is 27.5 Å². The molecule has 2 aromatic carbocycles. The van der Waals surface area contributed by atoms with Crippen LogP contribution in [-0.2, 0) is 14.8 Å². The second-order valence-corrected chi connectivity index (χ2v) is 6.92. The highest BCUT2D eigenvalue weighted by molar-refractivity contribution is 7.92. The van der Waals surface area contributed by atoms with Gasteiger partial charge in [-0.25, -0.2) is 13.2 Å². The number of sulfonamides is 1. The van der Waals surface area contributed by atoms with Crippen molar-refractivity contribution in [1.82, 2.24) is 0 Å². The van der Waals surface area contributed by atoms with Gasteiger partial charge in [0.05, 0.1) is 20.3 Å². The van der Waals surface area contributed by atoms with Gasteiger partial charge in [0.15, 0.2) is 0 Å². The van der Waals surface area contributed by atoms with E-state index in [0.29, 0.717) is 18.0 Å². The smallest absolute Gasteiger partial charge is 0.411 e. The first-order valence-corrected chi connectivity index (χ1v) is 9.75. The van der Waals surface area contributed by atoms with Crippen LogP contribution in [-0.4, -0.2) is 34.8 Å². The molecule has 0 aliphatic rings. The molecule has 0 unspecified atom stereocenters. The average molecular weight is 394 g/mol. The monoisotopic (exact) mass is 394 g/mol. The number of methoxy groups -OCH3 is 1. The molecule has 1 amide bonds. The van der Waals surface area contributed by atoms with Gasteiger partial charge in [0.25, 0.3) is 10.0 Å². The van der Waals surface area contributed by atoms with Crippen molar-refractivity contribution in [3.05, 3.63) is 42.5 Å². The molecule has 146 valence electrons. The Balaban J connectivity index is 2.28. The third kappa shape index (κ3) is 5.52. The average Bonchev–Trinajstić information content (AvgIpc) is 2.63. The van der Waals surface area contributed by atoms with Crippen molar-refractivity contribution < 1.29 is 27.4 Å². The van der Waals surface area contributed by atoms with Crippen LogP contribution in [0.5, 0.6) is 11.5 Å². The summed E-state index contributed by atoms with van der Waals surface area (Å²) in [5, 5.41) is 2.47. The lowest BCUT2D eigenvalue weighted by atomic mass is 10.3. The highest BCUT2D eigenvalue weighted by atomic mass is 32.2. The first kappa shape index (κ1) is 20.4. The Morgan fingerprint density at radius 3 is 2.26 bits per heavy atom. The van der Waals surface area contributed by atoms with Gasteiger partial charge in [-0.05, 0) is 56.3 Å². The summed E-state index contributed by atoms with van der Waals surface area (Å²) in [6.07, 6.45) is -0.675. The van der Waals surface area contributed by atoms with Crippen LogP contribution in [0.1, 0.15) is 13.8 Å². The predicted molar refractivity (Wildman–Crippen MR) is 102 cm³/mol. The molecule has 27 heavy (non-hydrogen) atoms. The minimum Gasteiger partial charge on any atom is -0.495 e. The fourth-order valence-corrected chi connectivity index (χ4v) is 3.50. The van der Waals surface area contributed by atoms with Gasteiger partial charge in [-0.15, -0.1) is 0 Å². The van der Waals surface area contributed by atoms with Gasteiger partial charge in [-0.3, -0.25) is 10.0 Å². The van der Waals surface area contributed by atoms with E-state index in [4.69, 9.17) is 14.2 Å². The van der Waals surface area contributed by atoms with E-state index in [9.17, 15) is 13.2 Å². The van der Waals surface area contributed by atoms with Gasteiger partial charge >= 0.3 is 6.09 Å². The quantitative estimate of drug-likeness (QED) is 0.711. The Labute approximate surface area is 158 Å². The van der Waals surface area contributed by atoms with Gasteiger partial charge < -0.3 is 14.2 Å². The summed E-state index contributed by atoms with van der Waals surface area (Å²) in [5.41, 5.74) is 0.630. The number of rotatable bonds is 8. The molecule has 0 heterocycles. The Morgan fingerprint density at radius 1 is 1.00 bits per heavy atom. The second-order valence-electron chi connectivity index (χ2n) is 5.27. The largest absolute Gasteiger partial charge is 0.495 e. The molecule has 0 aliphatic carbocycles. The molecule has 0 aliphatic heterocycles. The molecule has 0 spiro atoms. The summed E-state index contributed by atoms with van der Waals surface area (Å²) in [7, 11) is -2.59. The molecule has 2 rings (SSSR count). The summed E-state index contributed by atoms with van der Waals surface area (Å²) >= 11 is 0. The number of hydrogen-bond acceptors (Lipinski definition) is 6. The zero-order valence-electron chi connectivity index (χ0n) is 15.3. The molecule has 0 saturated heterocycles. The molecule has 9 heteroatoms. The predicted octanol–water partition coefficient (Wildman–Crippen LogP) is 3.46. The van der Waals surface area contributed by atoms with Crippen molar-refractivity contribution in [2.45, 2.75) is 18.7 Å². The zero-order valence-corrected chi connectivity index (χ0v) is 16.1. The van der Waals surface area contributed by atoms with Crippen LogP contribution in [0.15, 0.2) is 47.4 Å². The highest BCUT2D eigenvalue weighted by Gasteiger charge is 2.21. The van der Waals surface area contributed by atoms with E-state index in [0.717, 1.165) is 0 Å². The van der Waals surface area contributed by atoms with Crippen LogP contribution < -0.4 is 19.5 Å². The van der Waals surface area contributed by atoms with Crippen molar-refractivity contribution in [3.63, 3.8) is 0 Å². The van der Waals surface area contributed by atoms with E-state index in [1.54, 1.807) is 31.2 Å². The third-order valence-corrected chi connectivity index (χ3v) is 4.80. The van der Waals surface area contributed by atoms with Crippen molar-refractivity contribution in [2.75, 3.05) is 30.4 Å². The summed E-state index contributed by atoms with van der Waals surface area (Å²) in [4.78, 5) is 11.4. The molecule has 0 bridgehead atoms. The fourth-order valence-electron chi connectivity index (χ4n) is 2.25. The molecule has 2 aromatic rings. The van der Waals surface area contributed by atoms with E-state index in [1.807, 2.05) is 6.92 Å². The first-order chi connectivity index (χ1) is 12.9. The van der Waals surface area contributed by atoms with Crippen molar-refractivity contribution in [1.29, 1.82) is 0 Å². The van der Waals surface area contributed by atoms with E-state index in [2.05, 4.69) is 10.0 Å². The minimum absolute atomic E-state index is 0.117. The lowest BCUT2D eigenvalue weighted by molar-refractivity contribution is 0.168. The zero-order chi connectivity index (χ0) is 19.9. The SMILES string of the molecule is CCOC(=O)Nc1ccc(OC)c(S(=O)(=O)Nc2ccc(OCC)cc2)c1. The number of carbonyl (C=O) groups is 1. The van der Waals surface area contributed by atoms with Gasteiger partial charge in [0.1, 0.15) is 16.4 Å². The number of amides is 1. The number of ether oxygens (including phenoxy) is 3. The van der Waals surface area contributed by atoms with Gasteiger partial charge in [0.2, 0.25) is 0 Å². The molecule has 2 N–H and O–H groups in total. The first-order valence-electron chi connectivity index (χ1n) is 8.27. The van der Waals surface area contributed by atoms with E-state index >= 15 is 0 Å². The molecule has 0 fully saturated rings. The third-order valence-electron chi connectivity index (χ3n) is 3.39. The normalized spacial score (nSPS) is 10.8. The summed E-state index contributed by atoms with van der Waals surface area (Å²) in [6, 6.07) is 10.8. The number of benzene rings is 2. The lowest BCUT2D eigenvalue weighted by Crippen LogP contribution is -2.16. The van der Waals surface area contributed by atoms with Crippen LogP contribution in [0.2, 0.25) is 0 Å². The van der Waals surface area contributed by atoms with Crippen LogP contribution in [0.25, 0.3) is 0 Å². The van der Waals surface area contributed by atoms with Crippen LogP contribution in [0.3, 0.4) is 0 Å². The summed E-state index contributed by atoms with van der Waals surface area (Å²) in [6.45, 7) is 4.25. The Bertz CT molecular complexity index is 881. The molecule has 0 aromatic heterocycles. The van der Waals surface area contributed by atoms with E-state index in [1.165, 1.54) is 25.3 Å². The standard InChI is InChI=1S/C18H22N2O6S/c1-4-25-15-9-6-13(7-10-15)20-27(22,23)17-12-14(8-11-16(17)24-3)19-18(21)26-5-2/h6-12,20H,4-5H2,1-3H3,(H,19,21). The molecule has 8 nitrogen and oxygen atoms in total. The lowest BCUT2D eigenvalue weighted by Gasteiger charge is -2.14. The Morgan fingerprint density at radius 2 is 1.67 bits per heavy atom. The molecule has 0 radical (unpaired) electrons. The van der Waals surface area contributed by atoms with Crippen LogP contribution >= 0.6 is 0 Å². The van der Waals surface area contributed by atoms with Gasteiger partial charge in [-0.2, -0.15) is 0 Å². The van der Waals surface area contributed by atoms with Gasteiger partial charge in [0, 0.05) is 11.4 Å². The Hall–Kier alpha value is -2.94. The van der Waals surface area contributed by atoms with Gasteiger partial charge in [-0.1, -0.05) is 0 Å². The number of nitrogens with one attached hydrogen (secondary N) is 2. The van der Waals surface area contributed by atoms with Crippen molar-refractivity contribution in [2.24, 2.45) is 0 Å². The van der Waals surface area contributed by atoms with E-state index in [-0.39, 0.29) is 22.9 Å². The number of carbonyl (C=O) groups excluding carboxylic acids is 1. The topological polar surface area (TPSA) is 103 Å². The minimum atomic E-state index is -3.96. The van der Waals surface area contributed by atoms with Crippen LogP contribution in [0.4, 0.5) is 16.2 Å². The summed E-state index contributed by atoms with van der Waals surface area (Å²) in [5.74, 6) is 0.779. The van der Waals surface area contributed by atoms with E-state index < -0.39 is 16.1 Å². The molecule has 0 atom stereocenters. The molecule has 0 saturated carbocycles. The Kier molecular flexibility index (Phi) is 6.89. The molecular formula is C18H22N2O6S. The highest BCUT2D eigenvalue weighted by Crippen LogP contribution is 2.29. The maximum Gasteiger partial charge on any atom is 0.411 e. The maximum absolute atomic E-state index is 12.8. The van der Waals surface area contributed by atoms with Crippen LogP contribution in [0, 0.1) is 0 Å². The summed E-state index contributed by atoms with van der Waals surface area (Å²) < 4.78 is 43.3.